The number of hydrogen-bond acceptors (Lipinski definition) is 4. The van der Waals surface area contributed by atoms with Gasteiger partial charge in [0.25, 0.3) is 5.91 Å². The second-order valence-corrected chi connectivity index (χ2v) is 5.17. The summed E-state index contributed by atoms with van der Waals surface area (Å²) in [5.41, 5.74) is 5.62. The van der Waals surface area contributed by atoms with E-state index in [1.165, 1.54) is 12.1 Å². The number of anilines is 1. The molecule has 1 fully saturated rings. The number of nitrogens with two attached hydrogens (primary N) is 1. The van der Waals surface area contributed by atoms with Crippen LogP contribution in [0.4, 0.5) is 5.82 Å². The van der Waals surface area contributed by atoms with Gasteiger partial charge in [-0.05, 0) is 31.4 Å². The quantitative estimate of drug-likeness (QED) is 0.685. The molecule has 0 saturated heterocycles. The van der Waals surface area contributed by atoms with Crippen LogP contribution in [0.25, 0.3) is 0 Å². The molecule has 7 heteroatoms. The van der Waals surface area contributed by atoms with E-state index in [-0.39, 0.29) is 28.3 Å². The first-order valence-corrected chi connectivity index (χ1v) is 6.93. The second kappa shape index (κ2) is 6.56. The molecule has 1 aliphatic carbocycles. The monoisotopic (exact) mass is 296 g/mol. The predicted molar refractivity (Wildman–Crippen MR) is 76.4 cm³/mol. The normalized spacial score (nSPS) is 13.8. The summed E-state index contributed by atoms with van der Waals surface area (Å²) in [6, 6.07) is 3.43. The Kier molecular flexibility index (Phi) is 4.79. The van der Waals surface area contributed by atoms with Crippen LogP contribution in [0, 0.1) is 0 Å². The van der Waals surface area contributed by atoms with Crippen LogP contribution in [-0.2, 0) is 4.79 Å². The topological polar surface area (TPSA) is 97.1 Å². The summed E-state index contributed by atoms with van der Waals surface area (Å²) in [6.07, 6.45) is 3.11. The second-order valence-electron chi connectivity index (χ2n) is 4.77. The molecule has 1 aromatic heterocycles. The molecule has 0 aliphatic heterocycles. The Morgan fingerprint density at radius 2 is 2.15 bits per heavy atom. The van der Waals surface area contributed by atoms with E-state index < -0.39 is 0 Å². The van der Waals surface area contributed by atoms with E-state index in [1.54, 1.807) is 0 Å². The molecule has 1 heterocycles. The van der Waals surface area contributed by atoms with E-state index >= 15 is 0 Å². The number of nitrogens with zero attached hydrogens (tertiary/aromatic N) is 1. The Morgan fingerprint density at radius 3 is 2.85 bits per heavy atom. The SMILES string of the molecule is Nc1ccc(Cl)c(C(=O)NCCCC(=O)NC2CC2)n1. The molecule has 1 aliphatic rings. The van der Waals surface area contributed by atoms with Crippen LogP contribution < -0.4 is 16.4 Å². The van der Waals surface area contributed by atoms with E-state index in [2.05, 4.69) is 15.6 Å². The van der Waals surface area contributed by atoms with Gasteiger partial charge in [0.15, 0.2) is 0 Å². The van der Waals surface area contributed by atoms with E-state index in [9.17, 15) is 9.59 Å². The van der Waals surface area contributed by atoms with Crippen LogP contribution in [-0.4, -0.2) is 29.4 Å². The van der Waals surface area contributed by atoms with Crippen molar-refractivity contribution >= 4 is 29.2 Å². The van der Waals surface area contributed by atoms with Crippen LogP contribution >= 0.6 is 11.6 Å². The Bertz CT molecular complexity index is 517. The van der Waals surface area contributed by atoms with Crippen molar-refractivity contribution in [3.8, 4) is 0 Å². The van der Waals surface area contributed by atoms with E-state index in [1.807, 2.05) is 0 Å². The molecule has 4 N–H and O–H groups in total. The standard InChI is InChI=1S/C13H17ClN4O2/c14-9-5-6-10(15)18-12(9)13(20)16-7-1-2-11(19)17-8-3-4-8/h5-6,8H,1-4,7H2,(H2,15,18)(H,16,20)(H,17,19). The molecule has 108 valence electrons. The third-order valence-electron chi connectivity index (χ3n) is 2.89. The van der Waals surface area contributed by atoms with Crippen molar-refractivity contribution in [1.82, 2.24) is 15.6 Å². The molecule has 0 radical (unpaired) electrons. The van der Waals surface area contributed by atoms with Gasteiger partial charge in [-0.1, -0.05) is 11.6 Å². The van der Waals surface area contributed by atoms with Crippen molar-refractivity contribution < 1.29 is 9.59 Å². The molecular weight excluding hydrogens is 280 g/mol. The number of hydrogen-bond donors (Lipinski definition) is 3. The molecule has 1 saturated carbocycles. The molecule has 6 nitrogen and oxygen atoms in total. The number of amides is 2. The van der Waals surface area contributed by atoms with Crippen LogP contribution in [0.2, 0.25) is 5.02 Å². The van der Waals surface area contributed by atoms with Gasteiger partial charge in [0.05, 0.1) is 5.02 Å². The number of carbonyl (C=O) groups excluding carboxylic acids is 2. The largest absolute Gasteiger partial charge is 0.384 e. The summed E-state index contributed by atoms with van der Waals surface area (Å²) in [4.78, 5) is 27.2. The molecule has 0 aromatic carbocycles. The maximum Gasteiger partial charge on any atom is 0.271 e. The van der Waals surface area contributed by atoms with Crippen molar-refractivity contribution in [3.05, 3.63) is 22.8 Å². The van der Waals surface area contributed by atoms with Crippen molar-refractivity contribution in [3.63, 3.8) is 0 Å². The molecule has 0 atom stereocenters. The number of pyridine rings is 1. The highest BCUT2D eigenvalue weighted by Gasteiger charge is 2.22. The molecule has 0 spiro atoms. The number of halogens is 1. The van der Waals surface area contributed by atoms with Gasteiger partial charge in [-0.3, -0.25) is 9.59 Å². The number of carbonyl (C=O) groups is 2. The summed E-state index contributed by atoms with van der Waals surface area (Å²) in [6.45, 7) is 0.393. The molecule has 0 unspecified atom stereocenters. The lowest BCUT2D eigenvalue weighted by Gasteiger charge is -2.07. The maximum absolute atomic E-state index is 11.8. The zero-order chi connectivity index (χ0) is 14.5. The first-order valence-electron chi connectivity index (χ1n) is 6.56. The van der Waals surface area contributed by atoms with E-state index in [0.717, 1.165) is 12.8 Å². The summed E-state index contributed by atoms with van der Waals surface area (Å²) in [5.74, 6) is -0.116. The summed E-state index contributed by atoms with van der Waals surface area (Å²) in [7, 11) is 0. The molecule has 20 heavy (non-hydrogen) atoms. The molecule has 2 rings (SSSR count). The Hall–Kier alpha value is -1.82. The van der Waals surface area contributed by atoms with Gasteiger partial charge in [-0.25, -0.2) is 4.98 Å². The smallest absolute Gasteiger partial charge is 0.271 e. The van der Waals surface area contributed by atoms with Gasteiger partial charge in [0, 0.05) is 19.0 Å². The van der Waals surface area contributed by atoms with Crippen molar-refractivity contribution in [2.75, 3.05) is 12.3 Å². The highest BCUT2D eigenvalue weighted by atomic mass is 35.5. The Balaban J connectivity index is 1.71. The summed E-state index contributed by atoms with van der Waals surface area (Å²) in [5, 5.41) is 5.81. The number of rotatable bonds is 6. The van der Waals surface area contributed by atoms with Crippen LogP contribution in [0.15, 0.2) is 12.1 Å². The van der Waals surface area contributed by atoms with Crippen LogP contribution in [0.5, 0.6) is 0 Å². The fraction of sp³-hybridized carbons (Fsp3) is 0.462. The highest BCUT2D eigenvalue weighted by molar-refractivity contribution is 6.33. The van der Waals surface area contributed by atoms with Crippen LogP contribution in [0.1, 0.15) is 36.2 Å². The predicted octanol–water partition coefficient (Wildman–Crippen LogP) is 1.11. The zero-order valence-electron chi connectivity index (χ0n) is 11.0. The lowest BCUT2D eigenvalue weighted by Crippen LogP contribution is -2.29. The van der Waals surface area contributed by atoms with Gasteiger partial charge in [0.1, 0.15) is 11.5 Å². The van der Waals surface area contributed by atoms with E-state index in [0.29, 0.717) is 25.4 Å². The van der Waals surface area contributed by atoms with Gasteiger partial charge >= 0.3 is 0 Å². The Labute approximate surface area is 122 Å². The average molecular weight is 297 g/mol. The van der Waals surface area contributed by atoms with Crippen LogP contribution in [0.3, 0.4) is 0 Å². The van der Waals surface area contributed by atoms with Crippen molar-refractivity contribution in [2.45, 2.75) is 31.7 Å². The van der Waals surface area contributed by atoms with Gasteiger partial charge < -0.3 is 16.4 Å². The fourth-order valence-corrected chi connectivity index (χ4v) is 1.87. The highest BCUT2D eigenvalue weighted by Crippen LogP contribution is 2.18. The van der Waals surface area contributed by atoms with Crippen molar-refractivity contribution in [1.29, 1.82) is 0 Å². The molecule has 1 aromatic rings. The minimum atomic E-state index is -0.384. The minimum Gasteiger partial charge on any atom is -0.384 e. The summed E-state index contributed by atoms with van der Waals surface area (Å²) >= 11 is 5.88. The van der Waals surface area contributed by atoms with Crippen molar-refractivity contribution in [2.24, 2.45) is 0 Å². The number of nitrogen functional groups attached to an aromatic ring is 1. The Morgan fingerprint density at radius 1 is 1.40 bits per heavy atom. The third-order valence-corrected chi connectivity index (χ3v) is 3.20. The first-order chi connectivity index (χ1) is 9.56. The first kappa shape index (κ1) is 14.6. The molecule has 0 bridgehead atoms. The van der Waals surface area contributed by atoms with Gasteiger partial charge in [0.2, 0.25) is 5.91 Å². The number of nitrogens with one attached hydrogen (secondary N) is 2. The van der Waals surface area contributed by atoms with Gasteiger partial charge in [-0.2, -0.15) is 0 Å². The molecular formula is C13H17ClN4O2. The van der Waals surface area contributed by atoms with E-state index in [4.69, 9.17) is 17.3 Å². The third kappa shape index (κ3) is 4.38. The molecule has 2 amide bonds. The lowest BCUT2D eigenvalue weighted by molar-refractivity contribution is -0.121. The zero-order valence-corrected chi connectivity index (χ0v) is 11.7. The maximum atomic E-state index is 11.8. The van der Waals surface area contributed by atoms with Gasteiger partial charge in [-0.15, -0.1) is 0 Å². The number of aromatic nitrogens is 1. The summed E-state index contributed by atoms with van der Waals surface area (Å²) < 4.78 is 0. The minimum absolute atomic E-state index is 0.0295. The fourth-order valence-electron chi connectivity index (χ4n) is 1.68. The lowest BCUT2D eigenvalue weighted by atomic mass is 10.2. The average Bonchev–Trinajstić information content (AvgIpc) is 3.21.